The van der Waals surface area contributed by atoms with Crippen LogP contribution in [0.4, 0.5) is 5.69 Å². The molecule has 0 bridgehead atoms. The molecule has 1 heterocycles. The van der Waals surface area contributed by atoms with E-state index in [0.717, 1.165) is 45.5 Å². The van der Waals surface area contributed by atoms with E-state index in [9.17, 15) is 4.79 Å². The van der Waals surface area contributed by atoms with Crippen molar-refractivity contribution in [1.82, 2.24) is 9.78 Å². The van der Waals surface area contributed by atoms with Crippen LogP contribution in [-0.2, 0) is 11.3 Å². The lowest BCUT2D eigenvalue weighted by molar-refractivity contribution is -0.885. The van der Waals surface area contributed by atoms with Gasteiger partial charge >= 0.3 is 0 Å². The van der Waals surface area contributed by atoms with Crippen molar-refractivity contribution in [3.63, 3.8) is 0 Å². The van der Waals surface area contributed by atoms with Crippen LogP contribution in [0.3, 0.4) is 0 Å². The molecule has 0 aliphatic heterocycles. The smallest absolute Gasteiger partial charge is 0.279 e. The molecule has 3 aromatic rings. The van der Waals surface area contributed by atoms with Crippen molar-refractivity contribution in [3.8, 4) is 11.4 Å². The number of benzene rings is 2. The largest absolute Gasteiger partial charge is 0.490 e. The molecule has 0 radical (unpaired) electrons. The molecule has 2 N–H and O–H groups in total. The minimum absolute atomic E-state index is 0.0303. The predicted molar refractivity (Wildman–Crippen MR) is 119 cm³/mol. The second-order valence-electron chi connectivity index (χ2n) is 7.40. The number of hydrogen-bond acceptors (Lipinski definition) is 3. The number of aromatic nitrogens is 2. The van der Waals surface area contributed by atoms with E-state index in [4.69, 9.17) is 4.74 Å². The van der Waals surface area contributed by atoms with Gasteiger partial charge in [0.25, 0.3) is 5.91 Å². The van der Waals surface area contributed by atoms with Crippen LogP contribution in [0.5, 0.6) is 5.75 Å². The Morgan fingerprint density at radius 3 is 2.53 bits per heavy atom. The molecule has 0 aliphatic carbocycles. The van der Waals surface area contributed by atoms with Crippen molar-refractivity contribution in [2.24, 2.45) is 0 Å². The Bertz CT molecular complexity index is 994. The molecule has 1 amide bonds. The van der Waals surface area contributed by atoms with E-state index in [1.807, 2.05) is 80.2 Å². The Morgan fingerprint density at radius 2 is 1.87 bits per heavy atom. The molecule has 0 fully saturated rings. The Kier molecular flexibility index (Phi) is 7.03. The normalized spacial score (nSPS) is 11.7. The standard InChI is InChI=1S/C24H28N4O2/c1-5-15-30-22-13-11-20(12-14-22)16-27(4)17-23(29)25-24-18(2)26-28(19(24)3)21-9-7-6-8-10-21/h5-14H,1,15-17H2,2-4H3,(H,25,29)/p+1. The van der Waals surface area contributed by atoms with E-state index >= 15 is 0 Å². The van der Waals surface area contributed by atoms with Gasteiger partial charge in [-0.15, -0.1) is 0 Å². The fraction of sp³-hybridized carbons (Fsp3) is 0.250. The lowest BCUT2D eigenvalue weighted by atomic mass is 10.2. The topological polar surface area (TPSA) is 60.6 Å². The maximum Gasteiger partial charge on any atom is 0.279 e. The highest BCUT2D eigenvalue weighted by Gasteiger charge is 2.17. The van der Waals surface area contributed by atoms with Crippen molar-refractivity contribution in [1.29, 1.82) is 0 Å². The molecule has 2 aromatic carbocycles. The first-order valence-corrected chi connectivity index (χ1v) is 10.0. The summed E-state index contributed by atoms with van der Waals surface area (Å²) in [6, 6.07) is 17.8. The molecule has 0 saturated carbocycles. The van der Waals surface area contributed by atoms with E-state index < -0.39 is 0 Å². The van der Waals surface area contributed by atoms with Gasteiger partial charge in [-0.3, -0.25) is 4.79 Å². The third-order valence-electron chi connectivity index (χ3n) is 4.82. The zero-order valence-corrected chi connectivity index (χ0v) is 17.8. The maximum absolute atomic E-state index is 12.6. The third kappa shape index (κ3) is 5.36. The Hall–Kier alpha value is -3.38. The molecule has 1 atom stereocenters. The fourth-order valence-electron chi connectivity index (χ4n) is 3.37. The summed E-state index contributed by atoms with van der Waals surface area (Å²) in [6.07, 6.45) is 1.72. The van der Waals surface area contributed by atoms with E-state index in [1.54, 1.807) is 6.08 Å². The molecule has 0 saturated heterocycles. The highest BCUT2D eigenvalue weighted by Crippen LogP contribution is 2.22. The number of hydrogen-bond donors (Lipinski definition) is 2. The van der Waals surface area contributed by atoms with Gasteiger partial charge in [-0.2, -0.15) is 5.10 Å². The first-order valence-electron chi connectivity index (χ1n) is 10.0. The number of para-hydroxylation sites is 1. The van der Waals surface area contributed by atoms with Gasteiger partial charge in [-0.1, -0.05) is 30.9 Å². The number of ether oxygens (including phenoxy) is 1. The zero-order chi connectivity index (χ0) is 21.5. The van der Waals surface area contributed by atoms with E-state index in [-0.39, 0.29) is 5.91 Å². The summed E-state index contributed by atoms with van der Waals surface area (Å²) in [7, 11) is 2.01. The highest BCUT2D eigenvalue weighted by atomic mass is 16.5. The Balaban J connectivity index is 1.59. The molecule has 0 spiro atoms. The molecule has 6 nitrogen and oxygen atoms in total. The second kappa shape index (κ2) is 9.89. The van der Waals surface area contributed by atoms with Crippen molar-refractivity contribution in [2.45, 2.75) is 20.4 Å². The van der Waals surface area contributed by atoms with Crippen LogP contribution in [-0.4, -0.2) is 35.9 Å². The van der Waals surface area contributed by atoms with Crippen LogP contribution < -0.4 is 15.0 Å². The lowest BCUT2D eigenvalue weighted by Crippen LogP contribution is -3.08. The summed E-state index contributed by atoms with van der Waals surface area (Å²) in [5, 5.41) is 7.63. The summed E-state index contributed by atoms with van der Waals surface area (Å²) in [4.78, 5) is 13.7. The lowest BCUT2D eigenvalue weighted by Gasteiger charge is -2.14. The molecule has 30 heavy (non-hydrogen) atoms. The minimum Gasteiger partial charge on any atom is -0.490 e. The van der Waals surface area contributed by atoms with Crippen LogP contribution in [0.15, 0.2) is 67.3 Å². The van der Waals surface area contributed by atoms with Crippen molar-refractivity contribution < 1.29 is 14.4 Å². The molecule has 6 heteroatoms. The number of nitrogens with one attached hydrogen (secondary N) is 2. The third-order valence-corrected chi connectivity index (χ3v) is 4.82. The first-order chi connectivity index (χ1) is 14.5. The van der Waals surface area contributed by atoms with Crippen molar-refractivity contribution in [3.05, 3.63) is 84.2 Å². The van der Waals surface area contributed by atoms with E-state index in [0.29, 0.717) is 13.2 Å². The summed E-state index contributed by atoms with van der Waals surface area (Å²) < 4.78 is 7.36. The van der Waals surface area contributed by atoms with Crippen LogP contribution in [0.25, 0.3) is 5.69 Å². The van der Waals surface area contributed by atoms with Crippen LogP contribution in [0, 0.1) is 13.8 Å². The number of anilines is 1. The van der Waals surface area contributed by atoms with Gasteiger partial charge < -0.3 is 15.0 Å². The number of amides is 1. The van der Waals surface area contributed by atoms with Gasteiger partial charge in [0.05, 0.1) is 29.8 Å². The fourth-order valence-corrected chi connectivity index (χ4v) is 3.37. The van der Waals surface area contributed by atoms with Crippen LogP contribution >= 0.6 is 0 Å². The monoisotopic (exact) mass is 405 g/mol. The summed E-state index contributed by atoms with van der Waals surface area (Å²) in [5.41, 5.74) is 4.62. The van der Waals surface area contributed by atoms with Gasteiger partial charge in [0, 0.05) is 5.56 Å². The molecule has 3 rings (SSSR count). The number of nitrogens with zero attached hydrogens (tertiary/aromatic N) is 2. The molecular weight excluding hydrogens is 376 g/mol. The Morgan fingerprint density at radius 1 is 1.17 bits per heavy atom. The molecule has 1 aromatic heterocycles. The van der Waals surface area contributed by atoms with Gasteiger partial charge in [0.1, 0.15) is 18.9 Å². The van der Waals surface area contributed by atoms with Crippen LogP contribution in [0.2, 0.25) is 0 Å². The van der Waals surface area contributed by atoms with Gasteiger partial charge in [-0.05, 0) is 50.2 Å². The van der Waals surface area contributed by atoms with Gasteiger partial charge in [0.15, 0.2) is 6.54 Å². The molecular formula is C24H29N4O2+. The SMILES string of the molecule is C=CCOc1ccc(C[NH+](C)CC(=O)Nc2c(C)nn(-c3ccccc3)c2C)cc1. The predicted octanol–water partition coefficient (Wildman–Crippen LogP) is 2.71. The number of quaternary nitrogens is 1. The number of carbonyl (C=O) groups excluding carboxylic acids is 1. The summed E-state index contributed by atoms with van der Waals surface area (Å²) >= 11 is 0. The van der Waals surface area contributed by atoms with Crippen molar-refractivity contribution >= 4 is 11.6 Å². The van der Waals surface area contributed by atoms with Crippen LogP contribution in [0.1, 0.15) is 17.0 Å². The molecule has 0 aliphatic rings. The minimum atomic E-state index is -0.0303. The summed E-state index contributed by atoms with van der Waals surface area (Å²) in [5.74, 6) is 0.785. The average molecular weight is 406 g/mol. The highest BCUT2D eigenvalue weighted by molar-refractivity contribution is 5.92. The average Bonchev–Trinajstić information content (AvgIpc) is 3.02. The zero-order valence-electron chi connectivity index (χ0n) is 17.8. The first kappa shape index (κ1) is 21.3. The number of aryl methyl sites for hydroxylation is 1. The van der Waals surface area contributed by atoms with Gasteiger partial charge in [0.2, 0.25) is 0 Å². The Labute approximate surface area is 177 Å². The van der Waals surface area contributed by atoms with E-state index in [2.05, 4.69) is 17.0 Å². The number of carbonyl (C=O) groups is 1. The second-order valence-corrected chi connectivity index (χ2v) is 7.40. The number of rotatable bonds is 9. The maximum atomic E-state index is 12.6. The summed E-state index contributed by atoms with van der Waals surface area (Å²) in [6.45, 7) is 9.13. The number of likely N-dealkylation sites (N-methyl/N-ethyl adjacent to an activating group) is 1. The van der Waals surface area contributed by atoms with Crippen molar-refractivity contribution in [2.75, 3.05) is 25.5 Å². The molecule has 156 valence electrons. The van der Waals surface area contributed by atoms with Gasteiger partial charge in [-0.25, -0.2) is 4.68 Å². The van der Waals surface area contributed by atoms with E-state index in [1.165, 1.54) is 0 Å². The molecule has 1 unspecified atom stereocenters. The quantitative estimate of drug-likeness (QED) is 0.538.